The van der Waals surface area contributed by atoms with Crippen LogP contribution in [0.15, 0.2) is 0 Å². The maximum atomic E-state index is 8.20. The van der Waals surface area contributed by atoms with Crippen molar-refractivity contribution in [2.75, 3.05) is 0 Å². The zero-order chi connectivity index (χ0) is 9.85. The van der Waals surface area contributed by atoms with Gasteiger partial charge < -0.3 is 0 Å². The molecule has 0 heteroatoms. The smallest absolute Gasteiger partial charge is 0.0275 e. The number of hydrogen-bond acceptors (Lipinski definition) is 0. The predicted octanol–water partition coefficient (Wildman–Crippen LogP) is 3.47. The summed E-state index contributed by atoms with van der Waals surface area (Å²) in [4.78, 5) is 0. The molecule has 2 atom stereocenters. The average molecular weight is 154 g/mol. The molecule has 0 saturated heterocycles. The van der Waals surface area contributed by atoms with E-state index in [-0.39, 0.29) is 5.41 Å². The van der Waals surface area contributed by atoms with E-state index < -0.39 is 6.37 Å². The molecular weight excluding hydrogens is 132 g/mol. The van der Waals surface area contributed by atoms with Gasteiger partial charge in [-0.3, -0.25) is 0 Å². The molecule has 0 aromatic heterocycles. The van der Waals surface area contributed by atoms with Gasteiger partial charge in [-0.25, -0.2) is 0 Å². The minimum Gasteiger partial charge on any atom is -0.0602 e. The summed E-state index contributed by atoms with van der Waals surface area (Å²) in [6.07, 6.45) is 2.91. The summed E-state index contributed by atoms with van der Waals surface area (Å²) >= 11 is 0. The van der Waals surface area contributed by atoms with E-state index in [1.54, 1.807) is 0 Å². The molecule has 11 heavy (non-hydrogen) atoms. The Morgan fingerprint density at radius 3 is 2.18 bits per heavy atom. The fourth-order valence-corrected chi connectivity index (χ4v) is 2.63. The van der Waals surface area contributed by atoms with Gasteiger partial charge in [0.15, 0.2) is 0 Å². The Balaban J connectivity index is 2.16. The fraction of sp³-hybridized carbons (Fsp3) is 1.00. The summed E-state index contributed by atoms with van der Waals surface area (Å²) in [5.41, 5.74) is -0.196. The molecule has 3 aliphatic rings. The normalized spacial score (nSPS) is 46.3. The van der Waals surface area contributed by atoms with Crippen LogP contribution in [0.4, 0.5) is 0 Å². The Labute approximate surface area is 73.2 Å². The van der Waals surface area contributed by atoms with Gasteiger partial charge in [-0.05, 0) is 48.8 Å². The molecule has 3 rings (SSSR count). The molecule has 0 nitrogen and oxygen atoms in total. The van der Waals surface area contributed by atoms with Gasteiger partial charge in [0.2, 0.25) is 0 Å². The van der Waals surface area contributed by atoms with Crippen LogP contribution in [0, 0.1) is 23.2 Å². The molecule has 0 aromatic rings. The third-order valence-electron chi connectivity index (χ3n) is 3.13. The molecule has 0 aliphatic heterocycles. The molecule has 2 unspecified atom stereocenters. The third-order valence-corrected chi connectivity index (χ3v) is 3.13. The van der Waals surface area contributed by atoms with Crippen LogP contribution in [0.3, 0.4) is 0 Å². The van der Waals surface area contributed by atoms with Crippen molar-refractivity contribution in [3.8, 4) is 0 Å². The quantitative estimate of drug-likeness (QED) is 0.542. The summed E-state index contributed by atoms with van der Waals surface area (Å²) in [7, 11) is 0. The van der Waals surface area contributed by atoms with Crippen molar-refractivity contribution in [1.29, 1.82) is 0 Å². The van der Waals surface area contributed by atoms with Crippen LogP contribution >= 0.6 is 0 Å². The van der Waals surface area contributed by atoms with E-state index in [0.717, 1.165) is 0 Å². The van der Waals surface area contributed by atoms with Crippen molar-refractivity contribution in [3.05, 3.63) is 0 Å². The first-order chi connectivity index (χ1) is 5.84. The van der Waals surface area contributed by atoms with E-state index in [1.165, 1.54) is 19.3 Å². The van der Waals surface area contributed by atoms with Crippen LogP contribution in [0.25, 0.3) is 0 Å². The largest absolute Gasteiger partial charge is 0.0602 e. The van der Waals surface area contributed by atoms with Gasteiger partial charge in [0.25, 0.3) is 0 Å². The second-order valence-electron chi connectivity index (χ2n) is 5.25. The standard InChI is InChI=1S/C11H20/c1-11(2,3)7-10-8-4-5-9(10)6-8/h8-10H,4-7H2,1-3H3/i7D2. The van der Waals surface area contributed by atoms with E-state index >= 15 is 0 Å². The SMILES string of the molecule is [2H]C([2H])(C1C2CCC1C2)C(C)(C)C. The summed E-state index contributed by atoms with van der Waals surface area (Å²) in [6.45, 7) is 6.10. The van der Waals surface area contributed by atoms with Crippen LogP contribution in [0.2, 0.25) is 0 Å². The first kappa shape index (κ1) is 5.61. The zero-order valence-electron chi connectivity index (χ0n) is 9.85. The van der Waals surface area contributed by atoms with E-state index in [2.05, 4.69) is 0 Å². The Bertz CT molecular complexity index is 201. The highest BCUT2D eigenvalue weighted by Crippen LogP contribution is 2.56. The van der Waals surface area contributed by atoms with Gasteiger partial charge in [-0.15, -0.1) is 0 Å². The molecule has 64 valence electrons. The number of fused-ring (bicyclic) bond motifs is 1. The minimum atomic E-state index is -0.961. The lowest BCUT2D eigenvalue weighted by Gasteiger charge is -2.39. The average Bonchev–Trinajstić information content (AvgIpc) is 2.38. The lowest BCUT2D eigenvalue weighted by Crippen LogP contribution is -2.31. The summed E-state index contributed by atoms with van der Waals surface area (Å²) in [6, 6.07) is 0. The molecule has 0 radical (unpaired) electrons. The van der Waals surface area contributed by atoms with Crippen molar-refractivity contribution >= 4 is 0 Å². The second-order valence-corrected chi connectivity index (χ2v) is 5.25. The lowest BCUT2D eigenvalue weighted by atomic mass is 9.66. The van der Waals surface area contributed by atoms with Gasteiger partial charge in [-0.1, -0.05) is 20.8 Å². The molecule has 3 saturated carbocycles. The Morgan fingerprint density at radius 1 is 1.27 bits per heavy atom. The maximum Gasteiger partial charge on any atom is 0.0275 e. The van der Waals surface area contributed by atoms with Gasteiger partial charge in [-0.2, -0.15) is 0 Å². The predicted molar refractivity (Wildman–Crippen MR) is 48.4 cm³/mol. The lowest BCUT2D eigenvalue weighted by molar-refractivity contribution is 0.102. The molecule has 2 bridgehead atoms. The zero-order valence-corrected chi connectivity index (χ0v) is 7.85. The molecule has 0 N–H and O–H groups in total. The Hall–Kier alpha value is 0. The molecule has 3 fully saturated rings. The van der Waals surface area contributed by atoms with Crippen LogP contribution < -0.4 is 0 Å². The van der Waals surface area contributed by atoms with Gasteiger partial charge in [0, 0.05) is 2.74 Å². The van der Waals surface area contributed by atoms with E-state index in [1.807, 2.05) is 20.8 Å². The van der Waals surface area contributed by atoms with Crippen molar-refractivity contribution in [3.63, 3.8) is 0 Å². The molecular formula is C11H20. The summed E-state index contributed by atoms with van der Waals surface area (Å²) in [5, 5.41) is 0. The molecule has 0 amide bonds. The van der Waals surface area contributed by atoms with Crippen molar-refractivity contribution in [1.82, 2.24) is 0 Å². The Morgan fingerprint density at radius 2 is 1.82 bits per heavy atom. The molecule has 0 heterocycles. The Kier molecular flexibility index (Phi) is 1.14. The van der Waals surface area contributed by atoms with E-state index in [9.17, 15) is 0 Å². The van der Waals surface area contributed by atoms with Crippen molar-refractivity contribution in [2.24, 2.45) is 23.2 Å². The van der Waals surface area contributed by atoms with Gasteiger partial charge >= 0.3 is 0 Å². The number of hydrogen-bond donors (Lipinski definition) is 0. The fourth-order valence-electron chi connectivity index (χ4n) is 2.63. The van der Waals surface area contributed by atoms with E-state index in [4.69, 9.17) is 2.74 Å². The summed E-state index contributed by atoms with van der Waals surface area (Å²) < 4.78 is 16.4. The van der Waals surface area contributed by atoms with Crippen LogP contribution in [-0.4, -0.2) is 0 Å². The summed E-state index contributed by atoms with van der Waals surface area (Å²) in [5.74, 6) is 1.78. The van der Waals surface area contributed by atoms with Gasteiger partial charge in [0.1, 0.15) is 0 Å². The maximum absolute atomic E-state index is 8.20. The monoisotopic (exact) mass is 154 g/mol. The first-order valence-corrected chi connectivity index (χ1v) is 4.84. The van der Waals surface area contributed by atoms with Gasteiger partial charge in [0.05, 0.1) is 0 Å². The number of rotatable bonds is 1. The third kappa shape index (κ3) is 1.32. The molecule has 0 aromatic carbocycles. The highest BCUT2D eigenvalue weighted by molar-refractivity contribution is 4.97. The second kappa shape index (κ2) is 2.24. The highest BCUT2D eigenvalue weighted by atomic mass is 14.5. The highest BCUT2D eigenvalue weighted by Gasteiger charge is 2.47. The first-order valence-electron chi connectivity index (χ1n) is 5.84. The van der Waals surface area contributed by atoms with Crippen LogP contribution in [0.5, 0.6) is 0 Å². The molecule has 0 spiro atoms. The van der Waals surface area contributed by atoms with Crippen molar-refractivity contribution in [2.45, 2.75) is 46.4 Å². The molecule has 3 aliphatic carbocycles. The van der Waals surface area contributed by atoms with E-state index in [0.29, 0.717) is 17.8 Å². The van der Waals surface area contributed by atoms with Crippen molar-refractivity contribution < 1.29 is 2.74 Å². The van der Waals surface area contributed by atoms with Crippen LogP contribution in [-0.2, 0) is 0 Å². The topological polar surface area (TPSA) is 0 Å². The minimum absolute atomic E-state index is 0.196. The van der Waals surface area contributed by atoms with Crippen LogP contribution in [0.1, 0.15) is 49.1 Å².